The molecule has 5 heteroatoms. The Morgan fingerprint density at radius 2 is 1.73 bits per heavy atom. The van der Waals surface area contributed by atoms with Gasteiger partial charge in [0.15, 0.2) is 5.82 Å². The lowest BCUT2D eigenvalue weighted by molar-refractivity contribution is 0.415. The van der Waals surface area contributed by atoms with Crippen LogP contribution >= 0.6 is 11.3 Å². The normalized spacial score (nSPS) is 13.4. The Hall–Kier alpha value is -2.14. The van der Waals surface area contributed by atoms with Crippen molar-refractivity contribution in [2.45, 2.75) is 71.1 Å². The number of benzene rings is 1. The number of nitrogens with one attached hydrogen (secondary N) is 1. The zero-order valence-electron chi connectivity index (χ0n) is 18.3. The molecule has 0 atom stereocenters. The number of hydrogen-bond donors (Lipinski definition) is 1. The highest BCUT2D eigenvalue weighted by atomic mass is 32.1. The molecule has 0 unspecified atom stereocenters. The fraction of sp³-hybridized carbons (Fsp3) is 0.520. The average molecular weight is 424 g/mol. The topological polar surface area (TPSA) is 47.0 Å². The standard InChI is InChI=1S/C25H33N3OS/c1-3-4-5-6-7-10-17-26-24-22-20-11-8-9-12-21(20)30-25(22)28-23(27-24)18-13-15-19(29-2)16-14-18/h13-16H,3-12,17H2,1-2H3,(H,26,27,28). The van der Waals surface area contributed by atoms with Gasteiger partial charge >= 0.3 is 0 Å². The Bertz CT molecular complexity index is 965. The van der Waals surface area contributed by atoms with Crippen LogP contribution in [0.25, 0.3) is 21.6 Å². The van der Waals surface area contributed by atoms with Crippen molar-refractivity contribution in [3.8, 4) is 17.1 Å². The van der Waals surface area contributed by atoms with Crippen LogP contribution in [0.3, 0.4) is 0 Å². The predicted molar refractivity (Wildman–Crippen MR) is 128 cm³/mol. The summed E-state index contributed by atoms with van der Waals surface area (Å²) in [6.07, 6.45) is 12.7. The van der Waals surface area contributed by atoms with Crippen LogP contribution in [0.4, 0.5) is 5.82 Å². The van der Waals surface area contributed by atoms with Crippen LogP contribution < -0.4 is 10.1 Å². The average Bonchev–Trinajstić information content (AvgIpc) is 3.17. The van der Waals surface area contributed by atoms with E-state index in [-0.39, 0.29) is 0 Å². The summed E-state index contributed by atoms with van der Waals surface area (Å²) in [6.45, 7) is 3.24. The number of methoxy groups -OCH3 is 1. The van der Waals surface area contributed by atoms with Gasteiger partial charge < -0.3 is 10.1 Å². The van der Waals surface area contributed by atoms with E-state index in [4.69, 9.17) is 14.7 Å². The van der Waals surface area contributed by atoms with Crippen molar-refractivity contribution < 1.29 is 4.74 Å². The van der Waals surface area contributed by atoms with Crippen LogP contribution in [0.5, 0.6) is 5.75 Å². The molecule has 1 aliphatic rings. The van der Waals surface area contributed by atoms with Crippen molar-refractivity contribution in [1.29, 1.82) is 0 Å². The highest BCUT2D eigenvalue weighted by molar-refractivity contribution is 7.19. The lowest BCUT2D eigenvalue weighted by Crippen LogP contribution is -2.07. The van der Waals surface area contributed by atoms with Gasteiger partial charge in [0.05, 0.1) is 12.5 Å². The van der Waals surface area contributed by atoms with Crippen LogP contribution in [0.1, 0.15) is 68.7 Å². The maximum absolute atomic E-state index is 5.30. The molecule has 0 saturated heterocycles. The Labute approximate surface area is 184 Å². The fourth-order valence-corrected chi connectivity index (χ4v) is 5.53. The highest BCUT2D eigenvalue weighted by Gasteiger charge is 2.21. The van der Waals surface area contributed by atoms with E-state index in [2.05, 4.69) is 12.2 Å². The molecule has 0 amide bonds. The van der Waals surface area contributed by atoms with Crippen molar-refractivity contribution >= 4 is 27.4 Å². The maximum Gasteiger partial charge on any atom is 0.163 e. The summed E-state index contributed by atoms with van der Waals surface area (Å²) in [5.74, 6) is 2.68. The summed E-state index contributed by atoms with van der Waals surface area (Å²) in [5, 5.41) is 4.95. The molecule has 0 fully saturated rings. The number of fused-ring (bicyclic) bond motifs is 3. The molecule has 3 aromatic rings. The van der Waals surface area contributed by atoms with E-state index in [0.717, 1.165) is 40.8 Å². The second-order valence-electron chi connectivity index (χ2n) is 8.21. The Morgan fingerprint density at radius 1 is 0.967 bits per heavy atom. The zero-order chi connectivity index (χ0) is 20.8. The first kappa shape index (κ1) is 21.1. The zero-order valence-corrected chi connectivity index (χ0v) is 19.1. The molecule has 0 radical (unpaired) electrons. The minimum atomic E-state index is 0.800. The van der Waals surface area contributed by atoms with Crippen molar-refractivity contribution in [3.63, 3.8) is 0 Å². The van der Waals surface area contributed by atoms with Crippen molar-refractivity contribution in [3.05, 3.63) is 34.7 Å². The molecule has 1 aromatic carbocycles. The molecule has 4 nitrogen and oxygen atoms in total. The Balaban J connectivity index is 1.59. The van der Waals surface area contributed by atoms with Crippen LogP contribution in [0.15, 0.2) is 24.3 Å². The van der Waals surface area contributed by atoms with Gasteiger partial charge in [-0.1, -0.05) is 39.0 Å². The van der Waals surface area contributed by atoms with Crippen LogP contribution in [0, 0.1) is 0 Å². The smallest absolute Gasteiger partial charge is 0.163 e. The first-order valence-electron chi connectivity index (χ1n) is 11.5. The largest absolute Gasteiger partial charge is 0.497 e. The molecule has 160 valence electrons. The number of aromatic nitrogens is 2. The van der Waals surface area contributed by atoms with E-state index >= 15 is 0 Å². The van der Waals surface area contributed by atoms with Gasteiger partial charge in [-0.2, -0.15) is 0 Å². The van der Waals surface area contributed by atoms with E-state index < -0.39 is 0 Å². The van der Waals surface area contributed by atoms with Gasteiger partial charge in [0.1, 0.15) is 16.4 Å². The summed E-state index contributed by atoms with van der Waals surface area (Å²) in [7, 11) is 1.69. The van der Waals surface area contributed by atoms with Gasteiger partial charge in [0, 0.05) is 17.0 Å². The first-order chi connectivity index (χ1) is 14.8. The van der Waals surface area contributed by atoms with Gasteiger partial charge in [-0.05, 0) is 61.9 Å². The van der Waals surface area contributed by atoms with E-state index in [1.165, 1.54) is 73.6 Å². The van der Waals surface area contributed by atoms with Crippen molar-refractivity contribution in [2.75, 3.05) is 19.0 Å². The number of anilines is 1. The molecule has 4 rings (SSSR count). The predicted octanol–water partition coefficient (Wildman–Crippen LogP) is 7.02. The quantitative estimate of drug-likeness (QED) is 0.356. The molecular formula is C25H33N3OS. The van der Waals surface area contributed by atoms with Gasteiger partial charge in [0.25, 0.3) is 0 Å². The van der Waals surface area contributed by atoms with E-state index in [1.807, 2.05) is 35.6 Å². The minimum Gasteiger partial charge on any atom is -0.497 e. The summed E-state index contributed by atoms with van der Waals surface area (Å²) >= 11 is 1.87. The third kappa shape index (κ3) is 4.77. The van der Waals surface area contributed by atoms with Gasteiger partial charge in [-0.3, -0.25) is 0 Å². The van der Waals surface area contributed by atoms with Crippen molar-refractivity contribution in [1.82, 2.24) is 9.97 Å². The van der Waals surface area contributed by atoms with E-state index in [9.17, 15) is 0 Å². The number of rotatable bonds is 10. The number of hydrogen-bond acceptors (Lipinski definition) is 5. The lowest BCUT2D eigenvalue weighted by atomic mass is 9.97. The van der Waals surface area contributed by atoms with Crippen LogP contribution in [-0.4, -0.2) is 23.6 Å². The van der Waals surface area contributed by atoms with Crippen molar-refractivity contribution in [2.24, 2.45) is 0 Å². The summed E-state index contributed by atoms with van der Waals surface area (Å²) in [5.41, 5.74) is 2.53. The molecule has 0 aliphatic heterocycles. The second kappa shape index (κ2) is 10.3. The number of nitrogens with zero attached hydrogens (tertiary/aromatic N) is 2. The third-order valence-corrected chi connectivity index (χ3v) is 7.17. The van der Waals surface area contributed by atoms with Crippen LogP contribution in [-0.2, 0) is 12.8 Å². The number of thiophene rings is 1. The summed E-state index contributed by atoms with van der Waals surface area (Å²) in [4.78, 5) is 12.6. The fourth-order valence-electron chi connectivity index (χ4n) is 4.27. The highest BCUT2D eigenvalue weighted by Crippen LogP contribution is 2.39. The summed E-state index contributed by atoms with van der Waals surface area (Å²) < 4.78 is 5.30. The molecular weight excluding hydrogens is 390 g/mol. The maximum atomic E-state index is 5.30. The van der Waals surface area contributed by atoms with Gasteiger partial charge in [-0.15, -0.1) is 11.3 Å². The Morgan fingerprint density at radius 3 is 2.53 bits per heavy atom. The monoisotopic (exact) mass is 423 g/mol. The molecule has 0 saturated carbocycles. The minimum absolute atomic E-state index is 0.800. The Kier molecular flexibility index (Phi) is 7.21. The van der Waals surface area contributed by atoms with Gasteiger partial charge in [0.2, 0.25) is 0 Å². The molecule has 1 N–H and O–H groups in total. The number of unbranched alkanes of at least 4 members (excludes halogenated alkanes) is 5. The number of aryl methyl sites for hydroxylation is 2. The number of ether oxygens (including phenoxy) is 1. The molecule has 1 aliphatic carbocycles. The molecule has 0 spiro atoms. The SMILES string of the molecule is CCCCCCCCNc1nc(-c2ccc(OC)cc2)nc2sc3c(c12)CCCC3. The van der Waals surface area contributed by atoms with E-state index in [0.29, 0.717) is 0 Å². The lowest BCUT2D eigenvalue weighted by Gasteiger charge is -2.13. The summed E-state index contributed by atoms with van der Waals surface area (Å²) in [6, 6.07) is 8.05. The second-order valence-corrected chi connectivity index (χ2v) is 9.29. The molecule has 2 aromatic heterocycles. The van der Waals surface area contributed by atoms with Gasteiger partial charge in [-0.25, -0.2) is 9.97 Å². The molecule has 2 heterocycles. The van der Waals surface area contributed by atoms with E-state index in [1.54, 1.807) is 7.11 Å². The van der Waals surface area contributed by atoms with Crippen LogP contribution in [0.2, 0.25) is 0 Å². The first-order valence-corrected chi connectivity index (χ1v) is 12.3. The molecule has 30 heavy (non-hydrogen) atoms. The third-order valence-electron chi connectivity index (χ3n) is 5.99. The molecule has 0 bridgehead atoms.